The summed E-state index contributed by atoms with van der Waals surface area (Å²) in [6.45, 7) is 0.290. The van der Waals surface area contributed by atoms with E-state index < -0.39 is 5.82 Å². The summed E-state index contributed by atoms with van der Waals surface area (Å²) in [5, 5.41) is -0.00552. The lowest BCUT2D eigenvalue weighted by molar-refractivity contribution is 0.425. The van der Waals surface area contributed by atoms with E-state index in [9.17, 15) is 4.39 Å². The van der Waals surface area contributed by atoms with Gasteiger partial charge < -0.3 is 10.5 Å². The Balaban J connectivity index is 2.22. The van der Waals surface area contributed by atoms with Gasteiger partial charge in [0, 0.05) is 6.54 Å². The Labute approximate surface area is 102 Å². The molecule has 1 heterocycles. The van der Waals surface area contributed by atoms with Crippen molar-refractivity contribution < 1.29 is 9.13 Å². The molecule has 0 aliphatic heterocycles. The maximum atomic E-state index is 13.5. The Morgan fingerprint density at radius 2 is 2.12 bits per heavy atom. The number of benzene rings is 1. The van der Waals surface area contributed by atoms with Gasteiger partial charge >= 0.3 is 0 Å². The summed E-state index contributed by atoms with van der Waals surface area (Å²) in [5.41, 5.74) is 6.00. The summed E-state index contributed by atoms with van der Waals surface area (Å²) < 4.78 is 18.7. The fourth-order valence-electron chi connectivity index (χ4n) is 1.18. The number of hydrogen-bond donors (Lipinski definition) is 1. The molecule has 0 atom stereocenters. The Morgan fingerprint density at radius 3 is 2.76 bits per heavy atom. The number of ether oxygens (including phenoxy) is 1. The highest BCUT2D eigenvalue weighted by Gasteiger charge is 2.09. The van der Waals surface area contributed by atoms with Crippen LogP contribution in [0, 0.1) is 5.82 Å². The molecule has 2 aromatic rings. The SMILES string of the molecule is NCc1cnc(Oc2cccc(Cl)c2F)cn1. The second-order valence-electron chi connectivity index (χ2n) is 3.20. The molecule has 0 spiro atoms. The zero-order valence-corrected chi connectivity index (χ0v) is 9.49. The summed E-state index contributed by atoms with van der Waals surface area (Å²) in [6.07, 6.45) is 2.85. The second kappa shape index (κ2) is 5.07. The van der Waals surface area contributed by atoms with Crippen LogP contribution < -0.4 is 10.5 Å². The van der Waals surface area contributed by atoms with Crippen molar-refractivity contribution in [3.8, 4) is 11.6 Å². The predicted molar refractivity (Wildman–Crippen MR) is 61.4 cm³/mol. The van der Waals surface area contributed by atoms with E-state index in [0.717, 1.165) is 0 Å². The van der Waals surface area contributed by atoms with Gasteiger partial charge in [0.15, 0.2) is 11.6 Å². The Kier molecular flexibility index (Phi) is 3.51. The molecule has 0 saturated carbocycles. The van der Waals surface area contributed by atoms with Crippen LogP contribution in [0.2, 0.25) is 5.02 Å². The van der Waals surface area contributed by atoms with Gasteiger partial charge in [-0.25, -0.2) is 9.37 Å². The zero-order valence-electron chi connectivity index (χ0n) is 8.73. The first-order valence-electron chi connectivity index (χ1n) is 4.83. The van der Waals surface area contributed by atoms with Crippen molar-refractivity contribution in [3.63, 3.8) is 0 Å². The number of aromatic nitrogens is 2. The molecule has 4 nitrogen and oxygen atoms in total. The van der Waals surface area contributed by atoms with Gasteiger partial charge in [-0.2, -0.15) is 0 Å². The van der Waals surface area contributed by atoms with Gasteiger partial charge in [-0.15, -0.1) is 0 Å². The topological polar surface area (TPSA) is 61.0 Å². The van der Waals surface area contributed by atoms with E-state index >= 15 is 0 Å². The van der Waals surface area contributed by atoms with Crippen LogP contribution in [0.15, 0.2) is 30.6 Å². The molecule has 0 aliphatic rings. The molecule has 0 amide bonds. The van der Waals surface area contributed by atoms with Crippen molar-refractivity contribution in [2.45, 2.75) is 6.54 Å². The molecule has 17 heavy (non-hydrogen) atoms. The maximum absolute atomic E-state index is 13.5. The van der Waals surface area contributed by atoms with Crippen molar-refractivity contribution in [3.05, 3.63) is 47.1 Å². The molecule has 0 saturated heterocycles. The third kappa shape index (κ3) is 2.69. The normalized spacial score (nSPS) is 10.3. The molecule has 2 rings (SSSR count). The van der Waals surface area contributed by atoms with Crippen molar-refractivity contribution in [1.29, 1.82) is 0 Å². The van der Waals surface area contributed by atoms with E-state index in [1.54, 1.807) is 6.07 Å². The maximum Gasteiger partial charge on any atom is 0.237 e. The van der Waals surface area contributed by atoms with Gasteiger partial charge in [-0.05, 0) is 12.1 Å². The minimum Gasteiger partial charge on any atom is -0.434 e. The summed E-state index contributed by atoms with van der Waals surface area (Å²) in [7, 11) is 0. The van der Waals surface area contributed by atoms with Crippen molar-refractivity contribution >= 4 is 11.6 Å². The van der Waals surface area contributed by atoms with Crippen molar-refractivity contribution in [2.24, 2.45) is 5.73 Å². The number of nitrogens with two attached hydrogens (primary N) is 1. The minimum absolute atomic E-state index is 0.00552. The average Bonchev–Trinajstić information content (AvgIpc) is 2.36. The van der Waals surface area contributed by atoms with Gasteiger partial charge in [0.25, 0.3) is 0 Å². The molecule has 1 aromatic heterocycles. The van der Waals surface area contributed by atoms with Crippen LogP contribution in [0.5, 0.6) is 11.6 Å². The van der Waals surface area contributed by atoms with Gasteiger partial charge in [-0.3, -0.25) is 4.98 Å². The van der Waals surface area contributed by atoms with E-state index in [1.807, 2.05) is 0 Å². The van der Waals surface area contributed by atoms with Crippen LogP contribution in [0.4, 0.5) is 4.39 Å². The summed E-state index contributed by atoms with van der Waals surface area (Å²) in [4.78, 5) is 7.92. The highest BCUT2D eigenvalue weighted by atomic mass is 35.5. The van der Waals surface area contributed by atoms with Crippen LogP contribution in [0.3, 0.4) is 0 Å². The van der Waals surface area contributed by atoms with E-state index in [1.165, 1.54) is 24.5 Å². The first-order chi connectivity index (χ1) is 8.20. The van der Waals surface area contributed by atoms with E-state index in [0.29, 0.717) is 12.2 Å². The van der Waals surface area contributed by atoms with Crippen LogP contribution in [0.1, 0.15) is 5.69 Å². The third-order valence-corrected chi connectivity index (χ3v) is 2.31. The molecule has 2 N–H and O–H groups in total. The fourth-order valence-corrected chi connectivity index (χ4v) is 1.34. The molecule has 0 bridgehead atoms. The van der Waals surface area contributed by atoms with Gasteiger partial charge in [0.05, 0.1) is 23.1 Å². The lowest BCUT2D eigenvalue weighted by atomic mass is 10.3. The smallest absolute Gasteiger partial charge is 0.237 e. The standard InChI is InChI=1S/C11H9ClFN3O/c12-8-2-1-3-9(11(8)13)17-10-6-15-7(4-14)5-16-10/h1-3,5-6H,4,14H2. The highest BCUT2D eigenvalue weighted by molar-refractivity contribution is 6.30. The van der Waals surface area contributed by atoms with E-state index in [2.05, 4.69) is 9.97 Å². The van der Waals surface area contributed by atoms with Gasteiger partial charge in [0.1, 0.15) is 0 Å². The number of halogens is 2. The lowest BCUT2D eigenvalue weighted by Crippen LogP contribution is -2.00. The van der Waals surface area contributed by atoms with Crippen LogP contribution in [-0.4, -0.2) is 9.97 Å². The fraction of sp³-hybridized carbons (Fsp3) is 0.0909. The minimum atomic E-state index is -0.626. The second-order valence-corrected chi connectivity index (χ2v) is 3.61. The first-order valence-corrected chi connectivity index (χ1v) is 5.21. The van der Waals surface area contributed by atoms with Gasteiger partial charge in [0.2, 0.25) is 5.88 Å². The largest absolute Gasteiger partial charge is 0.434 e. The molecule has 88 valence electrons. The van der Waals surface area contributed by atoms with Crippen molar-refractivity contribution in [1.82, 2.24) is 9.97 Å². The van der Waals surface area contributed by atoms with Crippen molar-refractivity contribution in [2.75, 3.05) is 0 Å². The Bertz CT molecular complexity index is 519. The lowest BCUT2D eigenvalue weighted by Gasteiger charge is -2.06. The van der Waals surface area contributed by atoms with E-state index in [-0.39, 0.29) is 16.7 Å². The van der Waals surface area contributed by atoms with Crippen LogP contribution in [-0.2, 0) is 6.54 Å². The Hall–Kier alpha value is -1.72. The first kappa shape index (κ1) is 11.8. The number of rotatable bonds is 3. The average molecular weight is 254 g/mol. The number of nitrogens with zero attached hydrogens (tertiary/aromatic N) is 2. The molecule has 6 heteroatoms. The van der Waals surface area contributed by atoms with E-state index in [4.69, 9.17) is 22.1 Å². The highest BCUT2D eigenvalue weighted by Crippen LogP contribution is 2.27. The molecular formula is C11H9ClFN3O. The monoisotopic (exact) mass is 253 g/mol. The molecule has 0 aliphatic carbocycles. The third-order valence-electron chi connectivity index (χ3n) is 2.02. The Morgan fingerprint density at radius 1 is 1.29 bits per heavy atom. The van der Waals surface area contributed by atoms with Crippen LogP contribution in [0.25, 0.3) is 0 Å². The predicted octanol–water partition coefficient (Wildman–Crippen LogP) is 2.52. The summed E-state index contributed by atoms with van der Waals surface area (Å²) in [6, 6.07) is 4.48. The zero-order chi connectivity index (χ0) is 12.3. The molecule has 0 fully saturated rings. The molecular weight excluding hydrogens is 245 g/mol. The summed E-state index contributed by atoms with van der Waals surface area (Å²) in [5.74, 6) is -0.436. The number of hydrogen-bond acceptors (Lipinski definition) is 4. The van der Waals surface area contributed by atoms with Gasteiger partial charge in [-0.1, -0.05) is 17.7 Å². The quantitative estimate of drug-likeness (QED) is 0.913. The molecule has 0 unspecified atom stereocenters. The molecule has 1 aromatic carbocycles. The summed E-state index contributed by atoms with van der Waals surface area (Å²) >= 11 is 5.62. The van der Waals surface area contributed by atoms with Crippen LogP contribution >= 0.6 is 11.6 Å². The molecule has 0 radical (unpaired) electrons.